The van der Waals surface area contributed by atoms with Crippen molar-refractivity contribution in [3.8, 4) is 0 Å². The standard InChI is InChI=1S/C19H30NO5P/c1-2-3-4-5-9-13-18(21)20-25-26(22,23)24-19(14-10-15-19)16-17-11-7-6-8-12-17/h6-8,11-12H,2-5,9-10,13-16H2,1H3,(H,20,21)(H,22,23)/p-1. The molecule has 0 bridgehead atoms. The van der Waals surface area contributed by atoms with Crippen LogP contribution in [0.3, 0.4) is 0 Å². The smallest absolute Gasteiger partial charge is 0.290 e. The van der Waals surface area contributed by atoms with Gasteiger partial charge in [0.2, 0.25) is 5.91 Å². The fourth-order valence-corrected chi connectivity index (χ4v) is 4.11. The molecule has 1 aliphatic rings. The maximum atomic E-state index is 12.1. The van der Waals surface area contributed by atoms with Gasteiger partial charge in [-0.25, -0.2) is 10.1 Å². The average Bonchev–Trinajstić information content (AvgIpc) is 2.59. The second-order valence-electron chi connectivity index (χ2n) is 7.02. The minimum absolute atomic E-state index is 0.249. The molecule has 1 saturated carbocycles. The molecule has 26 heavy (non-hydrogen) atoms. The third-order valence-electron chi connectivity index (χ3n) is 4.72. The summed E-state index contributed by atoms with van der Waals surface area (Å²) in [6.07, 6.45) is 8.01. The van der Waals surface area contributed by atoms with E-state index in [9.17, 15) is 14.3 Å². The summed E-state index contributed by atoms with van der Waals surface area (Å²) in [6.45, 7) is 2.12. The highest BCUT2D eigenvalue weighted by Crippen LogP contribution is 2.50. The van der Waals surface area contributed by atoms with Crippen LogP contribution in [0.1, 0.15) is 70.3 Å². The topological polar surface area (TPSA) is 87.7 Å². The third kappa shape index (κ3) is 7.20. The number of carbonyl (C=O) groups excluding carboxylic acids is 1. The molecule has 0 aliphatic heterocycles. The fourth-order valence-electron chi connectivity index (χ4n) is 3.14. The molecule has 1 unspecified atom stereocenters. The quantitative estimate of drug-likeness (QED) is 0.335. The van der Waals surface area contributed by atoms with Gasteiger partial charge in [0.25, 0.3) is 7.82 Å². The van der Waals surface area contributed by atoms with E-state index in [0.717, 1.165) is 44.1 Å². The van der Waals surface area contributed by atoms with Crippen LogP contribution < -0.4 is 10.4 Å². The normalized spacial score (nSPS) is 17.9. The number of unbranched alkanes of at least 4 members (excludes halogenated alkanes) is 4. The lowest BCUT2D eigenvalue weighted by molar-refractivity contribution is -0.247. The molecule has 146 valence electrons. The van der Waals surface area contributed by atoms with Crippen molar-refractivity contribution in [1.82, 2.24) is 5.48 Å². The van der Waals surface area contributed by atoms with Crippen LogP contribution in [0, 0.1) is 0 Å². The van der Waals surface area contributed by atoms with Crippen molar-refractivity contribution in [2.24, 2.45) is 0 Å². The molecule has 0 radical (unpaired) electrons. The molecular weight excluding hydrogens is 353 g/mol. The van der Waals surface area contributed by atoms with Crippen molar-refractivity contribution in [3.63, 3.8) is 0 Å². The number of hydroxylamine groups is 1. The number of nitrogens with one attached hydrogen (secondary N) is 1. The first-order valence-corrected chi connectivity index (χ1v) is 10.9. The lowest BCUT2D eigenvalue weighted by Crippen LogP contribution is -2.43. The first-order chi connectivity index (χ1) is 12.4. The molecule has 0 spiro atoms. The number of hydrogen-bond donors (Lipinski definition) is 1. The largest absolute Gasteiger partial charge is 0.755 e. The number of benzene rings is 1. The summed E-state index contributed by atoms with van der Waals surface area (Å²) in [5.41, 5.74) is 2.27. The Hall–Kier alpha value is -1.20. The molecule has 6 nitrogen and oxygen atoms in total. The van der Waals surface area contributed by atoms with Crippen LogP contribution in [0.5, 0.6) is 0 Å². The van der Waals surface area contributed by atoms with Crippen LogP contribution in [0.2, 0.25) is 0 Å². The highest BCUT2D eigenvalue weighted by atomic mass is 31.2. The molecule has 1 atom stereocenters. The third-order valence-corrected chi connectivity index (χ3v) is 5.64. The highest BCUT2D eigenvalue weighted by Gasteiger charge is 2.41. The Morgan fingerprint density at radius 3 is 2.50 bits per heavy atom. The first-order valence-electron chi connectivity index (χ1n) is 9.48. The SMILES string of the molecule is CCCCCCCC(=O)NOP(=O)([O-])OC1(Cc2ccccc2)CCC1. The molecule has 2 rings (SSSR count). The zero-order valence-corrected chi connectivity index (χ0v) is 16.3. The van der Waals surface area contributed by atoms with Gasteiger partial charge >= 0.3 is 0 Å². The van der Waals surface area contributed by atoms with Crippen molar-refractivity contribution in [3.05, 3.63) is 35.9 Å². The van der Waals surface area contributed by atoms with Gasteiger partial charge in [-0.1, -0.05) is 62.9 Å². The number of phosphoric acid groups is 1. The Morgan fingerprint density at radius 2 is 1.88 bits per heavy atom. The van der Waals surface area contributed by atoms with Crippen LogP contribution in [-0.4, -0.2) is 11.5 Å². The molecule has 1 aromatic carbocycles. The van der Waals surface area contributed by atoms with Gasteiger partial charge in [0, 0.05) is 12.8 Å². The molecular formula is C19H29NO5P-. The van der Waals surface area contributed by atoms with Crippen LogP contribution in [0.25, 0.3) is 0 Å². The maximum absolute atomic E-state index is 12.1. The summed E-state index contributed by atoms with van der Waals surface area (Å²) in [6, 6.07) is 9.63. The van der Waals surface area contributed by atoms with Crippen LogP contribution >= 0.6 is 7.82 Å². The zero-order chi connectivity index (χ0) is 18.9. The van der Waals surface area contributed by atoms with E-state index in [1.54, 1.807) is 0 Å². The summed E-state index contributed by atoms with van der Waals surface area (Å²) in [5.74, 6) is -0.438. The predicted molar refractivity (Wildman–Crippen MR) is 98.0 cm³/mol. The summed E-state index contributed by atoms with van der Waals surface area (Å²) >= 11 is 0. The molecule has 1 fully saturated rings. The summed E-state index contributed by atoms with van der Waals surface area (Å²) < 4.78 is 22.1. The van der Waals surface area contributed by atoms with E-state index in [0.29, 0.717) is 19.3 Å². The maximum Gasteiger partial charge on any atom is 0.290 e. The number of phosphoric ester groups is 1. The molecule has 0 heterocycles. The van der Waals surface area contributed by atoms with E-state index < -0.39 is 19.3 Å². The van der Waals surface area contributed by atoms with Crippen molar-refractivity contribution in [1.29, 1.82) is 0 Å². The van der Waals surface area contributed by atoms with E-state index in [1.807, 2.05) is 35.8 Å². The molecule has 0 aromatic heterocycles. The van der Waals surface area contributed by atoms with Gasteiger partial charge in [-0.3, -0.25) is 9.36 Å². The highest BCUT2D eigenvalue weighted by molar-refractivity contribution is 7.45. The molecule has 1 aromatic rings. The number of rotatable bonds is 12. The van der Waals surface area contributed by atoms with Crippen molar-refractivity contribution in [2.75, 3.05) is 0 Å². The average molecular weight is 382 g/mol. The first kappa shape index (κ1) is 21.1. The van der Waals surface area contributed by atoms with Gasteiger partial charge in [0.15, 0.2) is 0 Å². The van der Waals surface area contributed by atoms with E-state index in [-0.39, 0.29) is 6.42 Å². The Bertz CT molecular complexity index is 603. The van der Waals surface area contributed by atoms with Crippen LogP contribution in [0.4, 0.5) is 0 Å². The Labute approximate surface area is 155 Å². The van der Waals surface area contributed by atoms with Gasteiger partial charge in [-0.05, 0) is 31.2 Å². The van der Waals surface area contributed by atoms with Crippen molar-refractivity contribution in [2.45, 2.75) is 76.7 Å². The molecule has 0 saturated heterocycles. The van der Waals surface area contributed by atoms with Gasteiger partial charge in [-0.2, -0.15) is 0 Å². The van der Waals surface area contributed by atoms with Gasteiger partial charge in [0.05, 0.1) is 5.60 Å². The predicted octanol–water partition coefficient (Wildman–Crippen LogP) is 4.05. The number of hydrogen-bond acceptors (Lipinski definition) is 5. The Morgan fingerprint density at radius 1 is 1.19 bits per heavy atom. The van der Waals surface area contributed by atoms with Crippen LogP contribution in [-0.2, 0) is 24.9 Å². The monoisotopic (exact) mass is 382 g/mol. The van der Waals surface area contributed by atoms with E-state index in [1.165, 1.54) is 0 Å². The summed E-state index contributed by atoms with van der Waals surface area (Å²) in [7, 11) is -4.60. The minimum Gasteiger partial charge on any atom is -0.755 e. The summed E-state index contributed by atoms with van der Waals surface area (Å²) in [5, 5.41) is 0. The van der Waals surface area contributed by atoms with Crippen molar-refractivity contribution >= 4 is 13.7 Å². The van der Waals surface area contributed by atoms with E-state index in [4.69, 9.17) is 4.52 Å². The van der Waals surface area contributed by atoms with Crippen molar-refractivity contribution < 1.29 is 23.4 Å². The second-order valence-corrected chi connectivity index (χ2v) is 8.28. The van der Waals surface area contributed by atoms with Gasteiger partial charge in [-0.15, -0.1) is 0 Å². The lowest BCUT2D eigenvalue weighted by Gasteiger charge is -2.44. The molecule has 1 amide bonds. The number of carbonyl (C=O) groups is 1. The minimum atomic E-state index is -4.60. The molecule has 7 heteroatoms. The molecule has 1 N–H and O–H groups in total. The number of amides is 1. The van der Waals surface area contributed by atoms with Crippen LogP contribution in [0.15, 0.2) is 30.3 Å². The van der Waals surface area contributed by atoms with Gasteiger partial charge < -0.3 is 9.42 Å². The zero-order valence-electron chi connectivity index (χ0n) is 15.4. The van der Waals surface area contributed by atoms with E-state index in [2.05, 4.69) is 11.5 Å². The Kier molecular flexibility index (Phi) is 8.29. The van der Waals surface area contributed by atoms with E-state index >= 15 is 0 Å². The second kappa shape index (κ2) is 10.2. The van der Waals surface area contributed by atoms with Gasteiger partial charge in [0.1, 0.15) is 0 Å². The lowest BCUT2D eigenvalue weighted by atomic mass is 9.76. The summed E-state index contributed by atoms with van der Waals surface area (Å²) in [4.78, 5) is 23.8. The Balaban J connectivity index is 1.76. The fraction of sp³-hybridized carbons (Fsp3) is 0.632. The molecule has 1 aliphatic carbocycles.